The molecule has 2 rings (SSSR count). The zero-order valence-corrected chi connectivity index (χ0v) is 11.9. The maximum Gasteiger partial charge on any atom is 0.251 e. The third kappa shape index (κ3) is 3.39. The largest absolute Gasteiger partial charge is 0.389 e. The minimum absolute atomic E-state index is 0.0982. The monoisotopic (exact) mass is 285 g/mol. The molecule has 1 amide bonds. The predicted molar refractivity (Wildman–Crippen MR) is 82.4 cm³/mol. The van der Waals surface area contributed by atoms with Gasteiger partial charge in [0, 0.05) is 23.5 Å². The Morgan fingerprint density at radius 1 is 1.25 bits per heavy atom. The fraction of sp³-hybridized carbons (Fsp3) is 0.133. The van der Waals surface area contributed by atoms with Gasteiger partial charge in [-0.2, -0.15) is 0 Å². The van der Waals surface area contributed by atoms with Crippen molar-refractivity contribution in [3.05, 3.63) is 65.5 Å². The summed E-state index contributed by atoms with van der Waals surface area (Å²) in [5.74, 6) is -0.160. The Morgan fingerprint density at radius 3 is 2.55 bits per heavy atom. The summed E-state index contributed by atoms with van der Waals surface area (Å²) >= 11 is 4.91. The van der Waals surface area contributed by atoms with Crippen LogP contribution in [0.25, 0.3) is 0 Å². The van der Waals surface area contributed by atoms with Gasteiger partial charge in [0.2, 0.25) is 0 Å². The predicted octanol–water partition coefficient (Wildman–Crippen LogP) is 2.21. The molecule has 0 aliphatic heterocycles. The van der Waals surface area contributed by atoms with Crippen LogP contribution in [-0.2, 0) is 0 Å². The molecular formula is C15H15N3OS. The van der Waals surface area contributed by atoms with Crippen molar-refractivity contribution >= 4 is 23.1 Å². The molecule has 1 atom stereocenters. The molecular weight excluding hydrogens is 270 g/mol. The molecule has 5 heteroatoms. The van der Waals surface area contributed by atoms with Crippen LogP contribution in [-0.4, -0.2) is 15.9 Å². The highest BCUT2D eigenvalue weighted by atomic mass is 32.1. The van der Waals surface area contributed by atoms with E-state index in [4.69, 9.17) is 18.0 Å². The summed E-state index contributed by atoms with van der Waals surface area (Å²) in [6.07, 6.45) is 3.40. The Balaban J connectivity index is 2.12. The number of nitrogens with two attached hydrogens (primary N) is 1. The van der Waals surface area contributed by atoms with Crippen LogP contribution in [0, 0.1) is 0 Å². The maximum absolute atomic E-state index is 12.2. The number of hydrogen-bond donors (Lipinski definition) is 2. The van der Waals surface area contributed by atoms with Crippen LogP contribution in [0.4, 0.5) is 0 Å². The first-order valence-electron chi connectivity index (χ1n) is 6.18. The first-order valence-corrected chi connectivity index (χ1v) is 6.59. The molecule has 102 valence electrons. The molecule has 1 aromatic carbocycles. The first kappa shape index (κ1) is 14.1. The molecule has 0 aliphatic rings. The van der Waals surface area contributed by atoms with Crippen LogP contribution in [0.2, 0.25) is 0 Å². The lowest BCUT2D eigenvalue weighted by molar-refractivity contribution is 0.0940. The van der Waals surface area contributed by atoms with Gasteiger partial charge in [-0.1, -0.05) is 24.4 Å². The molecule has 1 aromatic heterocycles. The van der Waals surface area contributed by atoms with Crippen molar-refractivity contribution in [3.8, 4) is 0 Å². The summed E-state index contributed by atoms with van der Waals surface area (Å²) in [4.78, 5) is 16.4. The number of carbonyl (C=O) groups excluding carboxylic acids is 1. The van der Waals surface area contributed by atoms with E-state index < -0.39 is 0 Å². The Bertz CT molecular complexity index is 628. The number of pyridine rings is 1. The summed E-state index contributed by atoms with van der Waals surface area (Å²) in [6.45, 7) is 1.92. The highest BCUT2D eigenvalue weighted by Gasteiger charge is 2.12. The van der Waals surface area contributed by atoms with Crippen molar-refractivity contribution < 1.29 is 4.79 Å². The summed E-state index contributed by atoms with van der Waals surface area (Å²) in [7, 11) is 0. The molecule has 0 spiro atoms. The van der Waals surface area contributed by atoms with Gasteiger partial charge >= 0.3 is 0 Å². The molecule has 3 N–H and O–H groups in total. The zero-order chi connectivity index (χ0) is 14.5. The van der Waals surface area contributed by atoms with Crippen LogP contribution in [0.5, 0.6) is 0 Å². The topological polar surface area (TPSA) is 68.0 Å². The second-order valence-corrected chi connectivity index (χ2v) is 4.86. The minimum Gasteiger partial charge on any atom is -0.389 e. The third-order valence-corrected chi connectivity index (χ3v) is 3.20. The summed E-state index contributed by atoms with van der Waals surface area (Å²) < 4.78 is 0. The highest BCUT2D eigenvalue weighted by molar-refractivity contribution is 7.80. The number of nitrogens with zero attached hydrogens (tertiary/aromatic N) is 1. The van der Waals surface area contributed by atoms with Crippen molar-refractivity contribution in [2.45, 2.75) is 13.0 Å². The molecule has 1 heterocycles. The Labute approximate surface area is 123 Å². The van der Waals surface area contributed by atoms with Crippen LogP contribution in [0.15, 0.2) is 48.8 Å². The molecule has 0 saturated heterocycles. The van der Waals surface area contributed by atoms with E-state index in [1.54, 1.807) is 36.7 Å². The van der Waals surface area contributed by atoms with Gasteiger partial charge in [-0.25, -0.2) is 0 Å². The number of amides is 1. The van der Waals surface area contributed by atoms with E-state index in [1.165, 1.54) is 0 Å². The van der Waals surface area contributed by atoms with E-state index >= 15 is 0 Å². The standard InChI is InChI=1S/C15H15N3OS/c1-10(11-5-7-17-8-6-11)18-15(19)13-4-2-3-12(9-13)14(16)20/h2-10H,1H3,(H2,16,20)(H,18,19). The number of thiocarbonyl (C=S) groups is 1. The first-order chi connectivity index (χ1) is 9.58. The normalized spacial score (nSPS) is 11.7. The average molecular weight is 285 g/mol. The van der Waals surface area contributed by atoms with E-state index in [0.29, 0.717) is 11.1 Å². The van der Waals surface area contributed by atoms with Crippen molar-refractivity contribution in [3.63, 3.8) is 0 Å². The molecule has 20 heavy (non-hydrogen) atoms. The number of nitrogens with one attached hydrogen (secondary N) is 1. The molecule has 0 radical (unpaired) electrons. The second-order valence-electron chi connectivity index (χ2n) is 4.42. The lowest BCUT2D eigenvalue weighted by Gasteiger charge is -2.14. The second kappa shape index (κ2) is 6.25. The van der Waals surface area contributed by atoms with E-state index in [9.17, 15) is 4.79 Å². The van der Waals surface area contributed by atoms with Gasteiger partial charge in [0.05, 0.1) is 6.04 Å². The van der Waals surface area contributed by atoms with Gasteiger partial charge in [0.25, 0.3) is 5.91 Å². The van der Waals surface area contributed by atoms with Gasteiger partial charge in [-0.05, 0) is 36.8 Å². The molecule has 0 saturated carbocycles. The smallest absolute Gasteiger partial charge is 0.251 e. The average Bonchev–Trinajstić information content (AvgIpc) is 2.48. The lowest BCUT2D eigenvalue weighted by Crippen LogP contribution is -2.27. The lowest BCUT2D eigenvalue weighted by atomic mass is 10.1. The van der Waals surface area contributed by atoms with E-state index in [2.05, 4.69) is 10.3 Å². The van der Waals surface area contributed by atoms with Crippen molar-refractivity contribution in [2.75, 3.05) is 0 Å². The van der Waals surface area contributed by atoms with E-state index in [1.807, 2.05) is 19.1 Å². The molecule has 0 bridgehead atoms. The molecule has 4 nitrogen and oxygen atoms in total. The van der Waals surface area contributed by atoms with Crippen LogP contribution in [0.3, 0.4) is 0 Å². The summed E-state index contributed by atoms with van der Waals surface area (Å²) in [5, 5.41) is 2.93. The van der Waals surface area contributed by atoms with Gasteiger partial charge in [-0.3, -0.25) is 9.78 Å². The number of hydrogen-bond acceptors (Lipinski definition) is 3. The third-order valence-electron chi connectivity index (χ3n) is 2.96. The quantitative estimate of drug-likeness (QED) is 0.845. The Morgan fingerprint density at radius 2 is 1.90 bits per heavy atom. The number of aromatic nitrogens is 1. The fourth-order valence-electron chi connectivity index (χ4n) is 1.83. The van der Waals surface area contributed by atoms with Crippen LogP contribution < -0.4 is 11.1 Å². The van der Waals surface area contributed by atoms with E-state index in [0.717, 1.165) is 5.56 Å². The minimum atomic E-state index is -0.160. The molecule has 1 unspecified atom stereocenters. The SMILES string of the molecule is CC(NC(=O)c1cccc(C(N)=S)c1)c1ccncc1. The fourth-order valence-corrected chi connectivity index (χ4v) is 1.96. The number of benzene rings is 1. The van der Waals surface area contributed by atoms with Crippen molar-refractivity contribution in [2.24, 2.45) is 5.73 Å². The molecule has 0 aliphatic carbocycles. The number of carbonyl (C=O) groups is 1. The number of rotatable bonds is 4. The Kier molecular flexibility index (Phi) is 4.42. The van der Waals surface area contributed by atoms with Crippen molar-refractivity contribution in [1.82, 2.24) is 10.3 Å². The maximum atomic E-state index is 12.2. The van der Waals surface area contributed by atoms with Gasteiger partial charge < -0.3 is 11.1 Å². The van der Waals surface area contributed by atoms with Crippen LogP contribution >= 0.6 is 12.2 Å². The highest BCUT2D eigenvalue weighted by Crippen LogP contribution is 2.12. The van der Waals surface area contributed by atoms with Gasteiger partial charge in [-0.15, -0.1) is 0 Å². The van der Waals surface area contributed by atoms with Crippen molar-refractivity contribution in [1.29, 1.82) is 0 Å². The molecule has 0 fully saturated rings. The summed E-state index contributed by atoms with van der Waals surface area (Å²) in [6, 6.07) is 10.6. The zero-order valence-electron chi connectivity index (χ0n) is 11.0. The molecule has 2 aromatic rings. The Hall–Kier alpha value is -2.27. The van der Waals surface area contributed by atoms with Gasteiger partial charge in [0.1, 0.15) is 4.99 Å². The van der Waals surface area contributed by atoms with Gasteiger partial charge in [0.15, 0.2) is 0 Å². The van der Waals surface area contributed by atoms with Crippen LogP contribution in [0.1, 0.15) is 34.5 Å². The summed E-state index contributed by atoms with van der Waals surface area (Å²) in [5.41, 5.74) is 7.79. The van der Waals surface area contributed by atoms with E-state index in [-0.39, 0.29) is 16.9 Å².